The number of carbonyl (C=O) groups is 3. The van der Waals surface area contributed by atoms with Crippen LogP contribution in [-0.4, -0.2) is 35.1 Å². The summed E-state index contributed by atoms with van der Waals surface area (Å²) >= 11 is 0. The number of amides is 3. The second kappa shape index (κ2) is 9.22. The number of benzene rings is 2. The zero-order valence-corrected chi connectivity index (χ0v) is 14.3. The van der Waals surface area contributed by atoms with Crippen LogP contribution in [0.1, 0.15) is 12.5 Å². The Hall–Kier alpha value is -3.35. The fourth-order valence-corrected chi connectivity index (χ4v) is 2.30. The molecule has 7 heteroatoms. The van der Waals surface area contributed by atoms with Crippen LogP contribution in [-0.2, 0) is 16.0 Å². The highest BCUT2D eigenvalue weighted by Gasteiger charge is 2.24. The Morgan fingerprint density at radius 2 is 1.50 bits per heavy atom. The molecular weight excluding hydrogens is 334 g/mol. The second-order valence-corrected chi connectivity index (χ2v) is 5.78. The van der Waals surface area contributed by atoms with Crippen LogP contribution < -0.4 is 16.0 Å². The SMILES string of the molecule is C[C@H](NC(=O)Nc1ccccc1)C(=O)N[C@@H](Cc1ccccc1)C(=O)O. The highest BCUT2D eigenvalue weighted by atomic mass is 16.4. The second-order valence-electron chi connectivity index (χ2n) is 5.78. The number of urea groups is 1. The van der Waals surface area contributed by atoms with E-state index >= 15 is 0 Å². The van der Waals surface area contributed by atoms with Crippen LogP contribution in [0, 0.1) is 0 Å². The van der Waals surface area contributed by atoms with Gasteiger partial charge in [0.05, 0.1) is 0 Å². The molecule has 0 unspecified atom stereocenters. The topological polar surface area (TPSA) is 108 Å². The number of carboxylic acid groups (broad SMARTS) is 1. The molecule has 3 amide bonds. The van der Waals surface area contributed by atoms with Crippen LogP contribution in [0.3, 0.4) is 0 Å². The van der Waals surface area contributed by atoms with Crippen LogP contribution in [0.5, 0.6) is 0 Å². The molecule has 7 nitrogen and oxygen atoms in total. The van der Waals surface area contributed by atoms with E-state index in [1.54, 1.807) is 48.5 Å². The van der Waals surface area contributed by atoms with Crippen molar-refractivity contribution in [1.29, 1.82) is 0 Å². The first-order valence-corrected chi connectivity index (χ1v) is 8.15. The van der Waals surface area contributed by atoms with Crippen LogP contribution in [0.2, 0.25) is 0 Å². The molecule has 4 N–H and O–H groups in total. The molecule has 2 aromatic carbocycles. The lowest BCUT2D eigenvalue weighted by Gasteiger charge is -2.19. The molecule has 0 aliphatic rings. The lowest BCUT2D eigenvalue weighted by Crippen LogP contribution is -2.51. The molecule has 0 radical (unpaired) electrons. The molecule has 0 saturated heterocycles. The molecule has 0 aliphatic carbocycles. The van der Waals surface area contributed by atoms with Gasteiger partial charge in [0, 0.05) is 12.1 Å². The Bertz CT molecular complexity index is 750. The number of rotatable bonds is 7. The standard InChI is InChI=1S/C19H21N3O4/c1-13(20-19(26)21-15-10-6-3-7-11-15)17(23)22-16(18(24)25)12-14-8-4-2-5-9-14/h2-11,13,16H,12H2,1H3,(H,22,23)(H,24,25)(H2,20,21,26)/t13-,16-/m0/s1. The highest BCUT2D eigenvalue weighted by molar-refractivity contribution is 5.94. The van der Waals surface area contributed by atoms with Gasteiger partial charge in [0.1, 0.15) is 12.1 Å². The largest absolute Gasteiger partial charge is 0.480 e. The maximum absolute atomic E-state index is 12.2. The summed E-state index contributed by atoms with van der Waals surface area (Å²) in [6.07, 6.45) is 0.158. The van der Waals surface area contributed by atoms with Gasteiger partial charge in [-0.3, -0.25) is 4.79 Å². The maximum atomic E-state index is 12.2. The van der Waals surface area contributed by atoms with Crippen LogP contribution in [0.15, 0.2) is 60.7 Å². The van der Waals surface area contributed by atoms with E-state index in [9.17, 15) is 19.5 Å². The first kappa shape index (κ1) is 19.0. The molecule has 0 spiro atoms. The fraction of sp³-hybridized carbons (Fsp3) is 0.211. The van der Waals surface area contributed by atoms with Crippen molar-refractivity contribution in [2.45, 2.75) is 25.4 Å². The van der Waals surface area contributed by atoms with E-state index in [-0.39, 0.29) is 6.42 Å². The van der Waals surface area contributed by atoms with Crippen LogP contribution in [0.25, 0.3) is 0 Å². The van der Waals surface area contributed by atoms with E-state index in [1.165, 1.54) is 6.92 Å². The van der Waals surface area contributed by atoms with Crippen molar-refractivity contribution in [3.05, 3.63) is 66.2 Å². The van der Waals surface area contributed by atoms with E-state index in [1.807, 2.05) is 12.1 Å². The number of carboxylic acids is 1. The van der Waals surface area contributed by atoms with Crippen LogP contribution in [0.4, 0.5) is 10.5 Å². The van der Waals surface area contributed by atoms with Gasteiger partial charge in [-0.05, 0) is 24.6 Å². The van der Waals surface area contributed by atoms with Crippen molar-refractivity contribution in [2.24, 2.45) is 0 Å². The minimum Gasteiger partial charge on any atom is -0.480 e. The van der Waals surface area contributed by atoms with Gasteiger partial charge in [-0.2, -0.15) is 0 Å². The maximum Gasteiger partial charge on any atom is 0.326 e. The van der Waals surface area contributed by atoms with Crippen molar-refractivity contribution < 1.29 is 19.5 Å². The van der Waals surface area contributed by atoms with Crippen molar-refractivity contribution in [3.63, 3.8) is 0 Å². The predicted molar refractivity (Wildman–Crippen MR) is 97.8 cm³/mol. The number of para-hydroxylation sites is 1. The molecule has 0 aliphatic heterocycles. The minimum atomic E-state index is -1.14. The van der Waals surface area contributed by atoms with Gasteiger partial charge in [0.25, 0.3) is 0 Å². The van der Waals surface area contributed by atoms with Crippen molar-refractivity contribution in [3.8, 4) is 0 Å². The number of aliphatic carboxylic acids is 1. The van der Waals surface area contributed by atoms with Gasteiger partial charge >= 0.3 is 12.0 Å². The number of hydrogen-bond donors (Lipinski definition) is 4. The summed E-state index contributed by atoms with van der Waals surface area (Å²) in [5.74, 6) is -1.71. The summed E-state index contributed by atoms with van der Waals surface area (Å²) in [5, 5.41) is 16.9. The number of carbonyl (C=O) groups excluding carboxylic acids is 2. The zero-order valence-electron chi connectivity index (χ0n) is 14.3. The summed E-state index contributed by atoms with van der Waals surface area (Å²) in [5.41, 5.74) is 1.38. The molecule has 26 heavy (non-hydrogen) atoms. The Morgan fingerprint density at radius 3 is 2.08 bits per heavy atom. The van der Waals surface area contributed by atoms with Gasteiger partial charge in [-0.25, -0.2) is 9.59 Å². The van der Waals surface area contributed by atoms with Crippen molar-refractivity contribution in [2.75, 3.05) is 5.32 Å². The van der Waals surface area contributed by atoms with Gasteiger partial charge in [0.15, 0.2) is 0 Å². The van der Waals surface area contributed by atoms with E-state index in [0.717, 1.165) is 5.56 Å². The first-order chi connectivity index (χ1) is 12.5. The van der Waals surface area contributed by atoms with Crippen molar-refractivity contribution in [1.82, 2.24) is 10.6 Å². The van der Waals surface area contributed by atoms with E-state index in [2.05, 4.69) is 16.0 Å². The van der Waals surface area contributed by atoms with Gasteiger partial charge < -0.3 is 21.1 Å². The van der Waals surface area contributed by atoms with Gasteiger partial charge in [-0.15, -0.1) is 0 Å². The highest BCUT2D eigenvalue weighted by Crippen LogP contribution is 2.05. The molecule has 0 bridgehead atoms. The van der Waals surface area contributed by atoms with E-state index in [4.69, 9.17) is 0 Å². The average Bonchev–Trinajstić information content (AvgIpc) is 2.62. The monoisotopic (exact) mass is 355 g/mol. The van der Waals surface area contributed by atoms with Crippen LogP contribution >= 0.6 is 0 Å². The molecule has 0 heterocycles. The quantitative estimate of drug-likeness (QED) is 0.609. The van der Waals surface area contributed by atoms with E-state index in [0.29, 0.717) is 5.69 Å². The molecular formula is C19H21N3O4. The first-order valence-electron chi connectivity index (χ1n) is 8.15. The number of anilines is 1. The van der Waals surface area contributed by atoms with Gasteiger partial charge in [-0.1, -0.05) is 48.5 Å². The minimum absolute atomic E-state index is 0.158. The summed E-state index contributed by atoms with van der Waals surface area (Å²) < 4.78 is 0. The summed E-state index contributed by atoms with van der Waals surface area (Å²) in [6.45, 7) is 1.49. The Labute approximate surface area is 151 Å². The zero-order chi connectivity index (χ0) is 18.9. The third-order valence-corrected chi connectivity index (χ3v) is 3.67. The molecule has 2 aromatic rings. The molecule has 136 valence electrons. The molecule has 2 rings (SSSR count). The van der Waals surface area contributed by atoms with E-state index < -0.39 is 30.0 Å². The number of nitrogens with one attached hydrogen (secondary N) is 3. The number of hydrogen-bond acceptors (Lipinski definition) is 3. The predicted octanol–water partition coefficient (Wildman–Crippen LogP) is 2.01. The molecule has 0 fully saturated rings. The van der Waals surface area contributed by atoms with Gasteiger partial charge in [0.2, 0.25) is 5.91 Å². The lowest BCUT2D eigenvalue weighted by atomic mass is 10.1. The average molecular weight is 355 g/mol. The Balaban J connectivity index is 1.89. The molecule has 0 aromatic heterocycles. The molecule has 0 saturated carbocycles. The fourth-order valence-electron chi connectivity index (χ4n) is 2.30. The normalized spacial score (nSPS) is 12.5. The molecule has 2 atom stereocenters. The third-order valence-electron chi connectivity index (χ3n) is 3.67. The summed E-state index contributed by atoms with van der Waals surface area (Å²) in [6, 6.07) is 15.3. The lowest BCUT2D eigenvalue weighted by molar-refractivity contribution is -0.142. The third kappa shape index (κ3) is 5.94. The smallest absolute Gasteiger partial charge is 0.326 e. The summed E-state index contributed by atoms with van der Waals surface area (Å²) in [7, 11) is 0. The van der Waals surface area contributed by atoms with Crippen molar-refractivity contribution >= 4 is 23.6 Å². The Kier molecular flexibility index (Phi) is 6.73. The summed E-state index contributed by atoms with van der Waals surface area (Å²) in [4.78, 5) is 35.5. The Morgan fingerprint density at radius 1 is 0.923 bits per heavy atom.